The van der Waals surface area contributed by atoms with Crippen molar-refractivity contribution in [3.8, 4) is 0 Å². The summed E-state index contributed by atoms with van der Waals surface area (Å²) in [5, 5.41) is 10.5. The van der Waals surface area contributed by atoms with Crippen LogP contribution in [-0.2, 0) is 16.8 Å². The van der Waals surface area contributed by atoms with Gasteiger partial charge in [0, 0.05) is 25.7 Å². The van der Waals surface area contributed by atoms with Gasteiger partial charge in [0.15, 0.2) is 0 Å². The molecule has 0 heterocycles. The molecule has 0 atom stereocenters. The predicted octanol–water partition coefficient (Wildman–Crippen LogP) is 1.28. The number of likely N-dealkylation sites (N-methyl/N-ethyl adjacent to an activating group) is 1. The number of nitrogens with zero attached hydrogens (tertiary/aromatic N) is 2. The Morgan fingerprint density at radius 3 is 2.65 bits per heavy atom. The quantitative estimate of drug-likeness (QED) is 0.455. The zero-order chi connectivity index (χ0) is 13.1. The molecule has 0 aromatic heterocycles. The maximum Gasteiger partial charge on any atom is 0.374 e. The van der Waals surface area contributed by atoms with Crippen LogP contribution in [-0.4, -0.2) is 31.2 Å². The molecule has 0 amide bonds. The van der Waals surface area contributed by atoms with Gasteiger partial charge in [0.05, 0.1) is 4.92 Å². The third-order valence-electron chi connectivity index (χ3n) is 2.21. The molecule has 6 nitrogen and oxygen atoms in total. The van der Waals surface area contributed by atoms with Crippen molar-refractivity contribution in [1.82, 2.24) is 4.31 Å². The average Bonchev–Trinajstić information content (AvgIpc) is 2.25. The first-order valence-corrected chi connectivity index (χ1v) is 6.04. The van der Waals surface area contributed by atoms with Crippen LogP contribution in [0.4, 0.5) is 9.57 Å². The first-order chi connectivity index (χ1) is 7.80. The first-order valence-electron chi connectivity index (χ1n) is 4.70. The molecule has 0 saturated carbocycles. The number of nitro benzene ring substituents is 1. The Morgan fingerprint density at radius 2 is 2.12 bits per heavy atom. The third kappa shape index (κ3) is 4.08. The predicted molar refractivity (Wildman–Crippen MR) is 59.5 cm³/mol. The topological polar surface area (TPSA) is 80.5 Å². The van der Waals surface area contributed by atoms with E-state index in [0.29, 0.717) is 9.87 Å². The molecule has 0 N–H and O–H groups in total. The van der Waals surface area contributed by atoms with Crippen LogP contribution >= 0.6 is 0 Å². The summed E-state index contributed by atoms with van der Waals surface area (Å²) in [7, 11) is -3.60. The van der Waals surface area contributed by atoms with Crippen molar-refractivity contribution in [1.29, 1.82) is 0 Å². The Labute approximate surface area is 98.2 Å². The van der Waals surface area contributed by atoms with Crippen LogP contribution in [0.5, 0.6) is 0 Å². The Balaban J connectivity index is 2.70. The van der Waals surface area contributed by atoms with Crippen LogP contribution in [0.3, 0.4) is 0 Å². The molecule has 0 bridgehead atoms. The van der Waals surface area contributed by atoms with Crippen molar-refractivity contribution in [2.75, 3.05) is 13.6 Å². The second kappa shape index (κ2) is 5.19. The van der Waals surface area contributed by atoms with Crippen molar-refractivity contribution in [2.45, 2.75) is 6.42 Å². The maximum atomic E-state index is 12.5. The van der Waals surface area contributed by atoms with Crippen LogP contribution in [0, 0.1) is 10.1 Å². The number of hydrogen-bond acceptors (Lipinski definition) is 4. The van der Waals surface area contributed by atoms with Crippen molar-refractivity contribution in [3.05, 3.63) is 39.9 Å². The molecule has 17 heavy (non-hydrogen) atoms. The molecule has 1 aromatic carbocycles. The smallest absolute Gasteiger partial charge is 0.258 e. The van der Waals surface area contributed by atoms with Gasteiger partial charge in [-0.1, -0.05) is 16.0 Å². The highest BCUT2D eigenvalue weighted by Gasteiger charge is 2.15. The fourth-order valence-corrected chi connectivity index (χ4v) is 1.53. The minimum Gasteiger partial charge on any atom is -0.258 e. The Morgan fingerprint density at radius 1 is 1.47 bits per heavy atom. The van der Waals surface area contributed by atoms with E-state index < -0.39 is 15.3 Å². The van der Waals surface area contributed by atoms with E-state index >= 15 is 0 Å². The molecule has 0 fully saturated rings. The zero-order valence-corrected chi connectivity index (χ0v) is 9.85. The number of non-ortho nitro benzene ring substituents is 1. The second-order valence-electron chi connectivity index (χ2n) is 3.44. The van der Waals surface area contributed by atoms with E-state index in [1.807, 2.05) is 0 Å². The minimum absolute atomic E-state index is 0.0694. The van der Waals surface area contributed by atoms with Gasteiger partial charge < -0.3 is 0 Å². The largest absolute Gasteiger partial charge is 0.374 e. The van der Waals surface area contributed by atoms with Crippen LogP contribution in [0.15, 0.2) is 24.3 Å². The molecular weight excluding hydrogens is 251 g/mol. The molecule has 0 aliphatic rings. The lowest BCUT2D eigenvalue weighted by Gasteiger charge is -2.10. The van der Waals surface area contributed by atoms with Gasteiger partial charge >= 0.3 is 10.4 Å². The molecule has 0 aliphatic carbocycles. The highest BCUT2D eigenvalue weighted by Crippen LogP contribution is 2.14. The number of halogens is 1. The van der Waals surface area contributed by atoms with E-state index in [9.17, 15) is 22.4 Å². The lowest BCUT2D eigenvalue weighted by molar-refractivity contribution is -0.384. The molecule has 1 aromatic rings. The van der Waals surface area contributed by atoms with Gasteiger partial charge in [-0.15, -0.1) is 0 Å². The van der Waals surface area contributed by atoms with E-state index in [-0.39, 0.29) is 18.7 Å². The van der Waals surface area contributed by atoms with Crippen molar-refractivity contribution >= 4 is 16.1 Å². The monoisotopic (exact) mass is 262 g/mol. The number of rotatable bonds is 5. The average molecular weight is 262 g/mol. The summed E-state index contributed by atoms with van der Waals surface area (Å²) >= 11 is 0. The Bertz CT molecular complexity index is 517. The van der Waals surface area contributed by atoms with Gasteiger partial charge in [-0.05, 0) is 12.0 Å². The van der Waals surface area contributed by atoms with Gasteiger partial charge in [0.1, 0.15) is 0 Å². The molecule has 8 heteroatoms. The van der Waals surface area contributed by atoms with Gasteiger partial charge in [-0.25, -0.2) is 0 Å². The summed E-state index contributed by atoms with van der Waals surface area (Å²) in [5.74, 6) is 0. The van der Waals surface area contributed by atoms with Crippen molar-refractivity contribution in [3.63, 3.8) is 0 Å². The summed E-state index contributed by atoms with van der Waals surface area (Å²) < 4.78 is 34.0. The summed E-state index contributed by atoms with van der Waals surface area (Å²) in [6.45, 7) is -0.0694. The number of nitro groups is 1. The lowest BCUT2D eigenvalue weighted by Crippen LogP contribution is -2.25. The lowest BCUT2D eigenvalue weighted by atomic mass is 10.1. The minimum atomic E-state index is -4.70. The highest BCUT2D eigenvalue weighted by molar-refractivity contribution is 7.83. The molecule has 0 spiro atoms. The van der Waals surface area contributed by atoms with Gasteiger partial charge in [-0.2, -0.15) is 12.7 Å². The van der Waals surface area contributed by atoms with Crippen LogP contribution in [0.2, 0.25) is 0 Å². The van der Waals surface area contributed by atoms with Crippen LogP contribution in [0.1, 0.15) is 5.56 Å². The number of hydrogen-bond donors (Lipinski definition) is 0. The SMILES string of the molecule is CN(CCc1cccc([N+](=O)[O-])c1)S(=O)(=O)F. The van der Waals surface area contributed by atoms with Crippen molar-refractivity contribution < 1.29 is 17.2 Å². The number of benzene rings is 1. The van der Waals surface area contributed by atoms with E-state index in [1.165, 1.54) is 18.2 Å². The first kappa shape index (κ1) is 13.5. The molecule has 1 rings (SSSR count). The van der Waals surface area contributed by atoms with Gasteiger partial charge in [0.25, 0.3) is 5.69 Å². The summed E-state index contributed by atoms with van der Waals surface area (Å²) in [6, 6.07) is 5.78. The molecule has 0 aliphatic heterocycles. The van der Waals surface area contributed by atoms with E-state index in [0.717, 1.165) is 7.05 Å². The highest BCUT2D eigenvalue weighted by atomic mass is 32.3. The summed E-state index contributed by atoms with van der Waals surface area (Å²) in [5.41, 5.74) is 0.503. The van der Waals surface area contributed by atoms with E-state index in [1.54, 1.807) is 6.07 Å². The molecule has 0 saturated heterocycles. The second-order valence-corrected chi connectivity index (χ2v) is 4.89. The molecule has 0 radical (unpaired) electrons. The molecule has 0 unspecified atom stereocenters. The van der Waals surface area contributed by atoms with E-state index in [2.05, 4.69) is 0 Å². The molecular formula is C9H11FN2O4S. The molecule has 94 valence electrons. The van der Waals surface area contributed by atoms with E-state index in [4.69, 9.17) is 0 Å². The standard InChI is InChI=1S/C9H11FN2O4S/c1-11(17(10,15)16)6-5-8-3-2-4-9(7-8)12(13)14/h2-4,7H,5-6H2,1H3. The Kier molecular flexibility index (Phi) is 4.13. The van der Waals surface area contributed by atoms with Gasteiger partial charge in [0.2, 0.25) is 0 Å². The normalized spacial score (nSPS) is 11.7. The summed E-state index contributed by atoms with van der Waals surface area (Å²) in [4.78, 5) is 9.95. The third-order valence-corrected chi connectivity index (χ3v) is 3.14. The van der Waals surface area contributed by atoms with Crippen LogP contribution < -0.4 is 0 Å². The van der Waals surface area contributed by atoms with Crippen LogP contribution in [0.25, 0.3) is 0 Å². The zero-order valence-electron chi connectivity index (χ0n) is 9.04. The summed E-state index contributed by atoms with van der Waals surface area (Å²) in [6.07, 6.45) is 0.210. The van der Waals surface area contributed by atoms with Crippen molar-refractivity contribution in [2.24, 2.45) is 0 Å². The fourth-order valence-electron chi connectivity index (χ4n) is 1.22. The fraction of sp³-hybridized carbons (Fsp3) is 0.333. The maximum absolute atomic E-state index is 12.5. The Hall–Kier alpha value is -1.54. The van der Waals surface area contributed by atoms with Gasteiger partial charge in [-0.3, -0.25) is 10.1 Å².